The third-order valence-corrected chi connectivity index (χ3v) is 9.98. The van der Waals surface area contributed by atoms with Crippen molar-refractivity contribution in [2.45, 2.75) is 25.8 Å². The van der Waals surface area contributed by atoms with E-state index < -0.39 is 0 Å². The number of esters is 1. The van der Waals surface area contributed by atoms with Gasteiger partial charge in [-0.25, -0.2) is 0 Å². The Bertz CT molecular complexity index is 2150. The first-order chi connectivity index (χ1) is 23.4. The minimum atomic E-state index is -0.361. The minimum absolute atomic E-state index is 0.0769. The fourth-order valence-electron chi connectivity index (χ4n) is 6.34. The first kappa shape index (κ1) is 31.0. The normalized spacial score (nSPS) is 12.5. The van der Waals surface area contributed by atoms with Crippen LogP contribution < -0.4 is 0 Å². The number of hydrogen-bond donors (Lipinski definition) is 0. The average molecular weight is 653 g/mol. The van der Waals surface area contributed by atoms with Gasteiger partial charge in [-0.15, -0.1) is 11.3 Å². The number of aryl methyl sites for hydroxylation is 1. The number of unbranched alkanes of at least 4 members (excludes halogenated alkanes) is 1. The molecule has 0 saturated carbocycles. The van der Waals surface area contributed by atoms with Crippen LogP contribution in [0.5, 0.6) is 0 Å². The van der Waals surface area contributed by atoms with Gasteiger partial charge in [-0.2, -0.15) is 0 Å². The summed E-state index contributed by atoms with van der Waals surface area (Å²) in [4.78, 5) is 54.8. The Balaban J connectivity index is 1.18. The van der Waals surface area contributed by atoms with Crippen molar-refractivity contribution in [3.05, 3.63) is 142 Å². The Morgan fingerprint density at radius 2 is 1.33 bits per heavy atom. The SMILES string of the molecule is COC(=O)Cc1cc(C(=O)c2ccc3cc(-c4ccccc4)n(CCCCN4C(=O)c5ccccc5C4=O)c3c2)sc1-c1ccccc1. The Labute approximate surface area is 282 Å². The molecule has 4 aromatic carbocycles. The number of carbonyl (C=O) groups is 4. The largest absolute Gasteiger partial charge is 0.469 e. The summed E-state index contributed by atoms with van der Waals surface area (Å²) in [6, 6.07) is 36.5. The second kappa shape index (κ2) is 13.3. The lowest BCUT2D eigenvalue weighted by atomic mass is 10.0. The fraction of sp³-hybridized carbons (Fsp3) is 0.150. The molecule has 0 radical (unpaired) electrons. The number of carbonyl (C=O) groups excluding carboxylic acids is 4. The van der Waals surface area contributed by atoms with Gasteiger partial charge in [0.05, 0.1) is 29.5 Å². The highest BCUT2D eigenvalue weighted by atomic mass is 32.1. The van der Waals surface area contributed by atoms with Gasteiger partial charge in [-0.05, 0) is 59.9 Å². The molecule has 6 aromatic rings. The zero-order valence-corrected chi connectivity index (χ0v) is 27.2. The van der Waals surface area contributed by atoms with Gasteiger partial charge in [0.25, 0.3) is 11.8 Å². The number of ether oxygens (including phenoxy) is 1. The van der Waals surface area contributed by atoms with E-state index in [4.69, 9.17) is 4.74 Å². The lowest BCUT2D eigenvalue weighted by Gasteiger charge is -2.15. The van der Waals surface area contributed by atoms with Crippen LogP contribution >= 0.6 is 11.3 Å². The quantitative estimate of drug-likeness (QED) is 0.0612. The Morgan fingerprint density at radius 3 is 2.00 bits per heavy atom. The van der Waals surface area contributed by atoms with Gasteiger partial charge >= 0.3 is 5.97 Å². The zero-order chi connectivity index (χ0) is 33.2. The van der Waals surface area contributed by atoms with Crippen molar-refractivity contribution < 1.29 is 23.9 Å². The molecule has 1 aliphatic heterocycles. The number of methoxy groups -OCH3 is 1. The highest BCUT2D eigenvalue weighted by molar-refractivity contribution is 7.17. The topological polar surface area (TPSA) is 85.7 Å². The van der Waals surface area contributed by atoms with Crippen LogP contribution in [0, 0.1) is 0 Å². The maximum atomic E-state index is 14.0. The van der Waals surface area contributed by atoms with Gasteiger partial charge in [0.1, 0.15) is 0 Å². The predicted molar refractivity (Wildman–Crippen MR) is 187 cm³/mol. The molecule has 2 amide bonds. The monoisotopic (exact) mass is 652 g/mol. The third-order valence-electron chi connectivity index (χ3n) is 8.76. The van der Waals surface area contributed by atoms with E-state index in [-0.39, 0.29) is 30.0 Å². The molecule has 1 aliphatic rings. The standard InChI is InChI=1S/C40H32N2O5S/c1-47-36(43)25-30-24-35(48-38(30)27-14-6-3-7-15-27)37(44)29-19-18-28-22-33(26-12-4-2-5-13-26)41(34(28)23-29)20-10-11-21-42-39(45)31-16-8-9-17-32(31)40(42)46/h2-9,12-19,22-24H,10-11,20-21,25H2,1H3. The molecule has 7 nitrogen and oxygen atoms in total. The first-order valence-corrected chi connectivity index (χ1v) is 16.7. The molecule has 48 heavy (non-hydrogen) atoms. The molecule has 0 atom stereocenters. The Hall–Kier alpha value is -5.60. The smallest absolute Gasteiger partial charge is 0.310 e. The van der Waals surface area contributed by atoms with Crippen LogP contribution in [0.25, 0.3) is 32.6 Å². The van der Waals surface area contributed by atoms with Crippen LogP contribution in [0.4, 0.5) is 0 Å². The molecule has 0 aliphatic carbocycles. The van der Waals surface area contributed by atoms with Crippen molar-refractivity contribution in [1.82, 2.24) is 9.47 Å². The average Bonchev–Trinajstić information content (AvgIpc) is 3.79. The third kappa shape index (κ3) is 5.87. The van der Waals surface area contributed by atoms with Crippen molar-refractivity contribution in [1.29, 1.82) is 0 Å². The van der Waals surface area contributed by atoms with Crippen molar-refractivity contribution in [2.75, 3.05) is 13.7 Å². The second-order valence-corrected chi connectivity index (χ2v) is 12.8. The van der Waals surface area contributed by atoms with Crippen LogP contribution in [-0.2, 0) is 22.5 Å². The summed E-state index contributed by atoms with van der Waals surface area (Å²) in [6.45, 7) is 0.973. The summed E-state index contributed by atoms with van der Waals surface area (Å²) in [5.41, 5.74) is 6.18. The van der Waals surface area contributed by atoms with E-state index in [1.807, 2.05) is 72.8 Å². The summed E-state index contributed by atoms with van der Waals surface area (Å²) in [5, 5.41) is 1.01. The van der Waals surface area contributed by atoms with Gasteiger partial charge in [-0.3, -0.25) is 24.1 Å². The van der Waals surface area contributed by atoms with E-state index in [0.29, 0.717) is 41.1 Å². The molecule has 3 heterocycles. The van der Waals surface area contributed by atoms with Crippen LogP contribution in [0.3, 0.4) is 0 Å². The summed E-state index contributed by atoms with van der Waals surface area (Å²) in [7, 11) is 1.36. The maximum absolute atomic E-state index is 14.0. The first-order valence-electron chi connectivity index (χ1n) is 15.9. The number of hydrogen-bond acceptors (Lipinski definition) is 6. The highest BCUT2D eigenvalue weighted by Crippen LogP contribution is 2.36. The zero-order valence-electron chi connectivity index (χ0n) is 26.3. The van der Waals surface area contributed by atoms with E-state index >= 15 is 0 Å². The number of rotatable bonds is 11. The van der Waals surface area contributed by atoms with Crippen molar-refractivity contribution >= 4 is 45.8 Å². The van der Waals surface area contributed by atoms with E-state index in [2.05, 4.69) is 22.8 Å². The van der Waals surface area contributed by atoms with Crippen molar-refractivity contribution in [3.63, 3.8) is 0 Å². The van der Waals surface area contributed by atoms with Gasteiger partial charge in [0.2, 0.25) is 5.78 Å². The maximum Gasteiger partial charge on any atom is 0.310 e. The number of nitrogens with zero attached hydrogens (tertiary/aromatic N) is 2. The second-order valence-electron chi connectivity index (χ2n) is 11.7. The van der Waals surface area contributed by atoms with E-state index in [0.717, 1.165) is 44.6 Å². The minimum Gasteiger partial charge on any atom is -0.469 e. The summed E-state index contributed by atoms with van der Waals surface area (Å²) in [6.07, 6.45) is 1.43. The Morgan fingerprint density at radius 1 is 0.708 bits per heavy atom. The number of thiophene rings is 1. The van der Waals surface area contributed by atoms with E-state index in [1.54, 1.807) is 24.3 Å². The van der Waals surface area contributed by atoms with Gasteiger partial charge < -0.3 is 9.30 Å². The molecule has 7 rings (SSSR count). The molecule has 0 fully saturated rings. The lowest BCUT2D eigenvalue weighted by Crippen LogP contribution is -2.30. The molecule has 0 N–H and O–H groups in total. The van der Waals surface area contributed by atoms with Gasteiger partial charge in [0.15, 0.2) is 0 Å². The molecule has 2 aromatic heterocycles. The van der Waals surface area contributed by atoms with Crippen molar-refractivity contribution in [2.24, 2.45) is 0 Å². The van der Waals surface area contributed by atoms with Gasteiger partial charge in [-0.1, -0.05) is 84.9 Å². The fourth-order valence-corrected chi connectivity index (χ4v) is 7.49. The molecule has 0 bridgehead atoms. The van der Waals surface area contributed by atoms with E-state index in [9.17, 15) is 19.2 Å². The van der Waals surface area contributed by atoms with Crippen LogP contribution in [0.15, 0.2) is 115 Å². The molecular formula is C40H32N2O5S. The summed E-state index contributed by atoms with van der Waals surface area (Å²) >= 11 is 1.38. The molecule has 0 unspecified atom stereocenters. The number of benzene rings is 4. The van der Waals surface area contributed by atoms with Crippen molar-refractivity contribution in [3.8, 4) is 21.7 Å². The molecule has 0 spiro atoms. The van der Waals surface area contributed by atoms with Crippen LogP contribution in [0.1, 0.15) is 54.4 Å². The molecule has 0 saturated heterocycles. The number of imide groups is 1. The van der Waals surface area contributed by atoms with Crippen LogP contribution in [-0.4, -0.2) is 46.7 Å². The molecule has 238 valence electrons. The predicted octanol–water partition coefficient (Wildman–Crippen LogP) is 8.06. The number of amides is 2. The van der Waals surface area contributed by atoms with Gasteiger partial charge in [0, 0.05) is 40.1 Å². The number of ketones is 1. The number of aromatic nitrogens is 1. The lowest BCUT2D eigenvalue weighted by molar-refractivity contribution is -0.139. The van der Waals surface area contributed by atoms with E-state index in [1.165, 1.54) is 23.3 Å². The highest BCUT2D eigenvalue weighted by Gasteiger charge is 2.34. The Kier molecular flexibility index (Phi) is 8.57. The number of fused-ring (bicyclic) bond motifs is 2. The summed E-state index contributed by atoms with van der Waals surface area (Å²) in [5.74, 6) is -0.961. The summed E-state index contributed by atoms with van der Waals surface area (Å²) < 4.78 is 7.15. The molecule has 8 heteroatoms. The molecular weight excluding hydrogens is 621 g/mol. The van der Waals surface area contributed by atoms with Crippen LogP contribution in [0.2, 0.25) is 0 Å².